The molecule has 1 aromatic carbocycles. The number of pyridine rings is 1. The van der Waals surface area contributed by atoms with E-state index in [9.17, 15) is 9.59 Å². The van der Waals surface area contributed by atoms with Crippen molar-refractivity contribution in [3.8, 4) is 0 Å². The normalized spacial score (nSPS) is 16.4. The van der Waals surface area contributed by atoms with Gasteiger partial charge in [-0.25, -0.2) is 0 Å². The van der Waals surface area contributed by atoms with Crippen molar-refractivity contribution < 1.29 is 9.59 Å². The van der Waals surface area contributed by atoms with E-state index < -0.39 is 11.8 Å². The summed E-state index contributed by atoms with van der Waals surface area (Å²) in [6.45, 7) is 0. The highest BCUT2D eigenvalue weighted by Crippen LogP contribution is 2.28. The Labute approximate surface area is 115 Å². The lowest BCUT2D eigenvalue weighted by molar-refractivity contribution is -0.114. The number of imide groups is 1. The van der Waals surface area contributed by atoms with Crippen molar-refractivity contribution in [3.63, 3.8) is 0 Å². The third-order valence-corrected chi connectivity index (χ3v) is 3.16. The Hall–Kier alpha value is -2.95. The van der Waals surface area contributed by atoms with Crippen LogP contribution in [0.5, 0.6) is 0 Å². The van der Waals surface area contributed by atoms with Crippen LogP contribution in [-0.2, 0) is 4.79 Å². The van der Waals surface area contributed by atoms with Crippen LogP contribution < -0.4 is 11.1 Å². The summed E-state index contributed by atoms with van der Waals surface area (Å²) in [5, 5.41) is 2.30. The number of rotatable bonds is 1. The molecular formula is C15H11N3O2. The van der Waals surface area contributed by atoms with Gasteiger partial charge < -0.3 is 5.73 Å². The lowest BCUT2D eigenvalue weighted by Gasteiger charge is -2.20. The molecule has 5 nitrogen and oxygen atoms in total. The molecule has 0 fully saturated rings. The fourth-order valence-electron chi connectivity index (χ4n) is 2.20. The Bertz CT molecular complexity index is 736. The van der Waals surface area contributed by atoms with Gasteiger partial charge >= 0.3 is 0 Å². The smallest absolute Gasteiger partial charge is 0.260 e. The standard InChI is InChI=1S/C15H11N3O2/c16-13(9-5-7-17-8-6-9)12-10-3-1-2-4-11(10)14(19)18-15(12)20/h1-8H,16H2,(H,18,19,20)/b13-12+. The topological polar surface area (TPSA) is 85.1 Å². The third kappa shape index (κ3) is 1.85. The van der Waals surface area contributed by atoms with Gasteiger partial charge in [-0.3, -0.25) is 19.9 Å². The van der Waals surface area contributed by atoms with E-state index in [1.165, 1.54) is 0 Å². The summed E-state index contributed by atoms with van der Waals surface area (Å²) in [6, 6.07) is 10.3. The van der Waals surface area contributed by atoms with E-state index in [1.807, 2.05) is 0 Å². The van der Waals surface area contributed by atoms with Gasteiger partial charge in [0.25, 0.3) is 11.8 Å². The molecule has 2 amide bonds. The second-order valence-electron chi connectivity index (χ2n) is 4.35. The molecule has 3 rings (SSSR count). The van der Waals surface area contributed by atoms with Crippen LogP contribution in [0.4, 0.5) is 0 Å². The minimum Gasteiger partial charge on any atom is -0.398 e. The quantitative estimate of drug-likeness (QED) is 0.599. The third-order valence-electron chi connectivity index (χ3n) is 3.16. The summed E-state index contributed by atoms with van der Waals surface area (Å²) in [4.78, 5) is 27.8. The fraction of sp³-hybridized carbons (Fsp3) is 0. The van der Waals surface area contributed by atoms with Gasteiger partial charge in [0.2, 0.25) is 0 Å². The van der Waals surface area contributed by atoms with Crippen molar-refractivity contribution in [2.45, 2.75) is 0 Å². The first-order valence-electron chi connectivity index (χ1n) is 6.03. The molecular weight excluding hydrogens is 254 g/mol. The molecule has 20 heavy (non-hydrogen) atoms. The molecule has 3 N–H and O–H groups in total. The number of hydrogen-bond acceptors (Lipinski definition) is 4. The molecule has 5 heteroatoms. The van der Waals surface area contributed by atoms with Gasteiger partial charge in [0.05, 0.1) is 11.3 Å². The minimum absolute atomic E-state index is 0.311. The van der Waals surface area contributed by atoms with Crippen molar-refractivity contribution in [3.05, 3.63) is 65.5 Å². The van der Waals surface area contributed by atoms with Crippen molar-refractivity contribution in [1.82, 2.24) is 10.3 Å². The van der Waals surface area contributed by atoms with Gasteiger partial charge in [0.1, 0.15) is 0 Å². The molecule has 0 unspecified atom stereocenters. The van der Waals surface area contributed by atoms with Crippen molar-refractivity contribution in [2.75, 3.05) is 0 Å². The fourth-order valence-corrected chi connectivity index (χ4v) is 2.20. The predicted octanol–water partition coefficient (Wildman–Crippen LogP) is 1.18. The second-order valence-corrected chi connectivity index (χ2v) is 4.35. The number of aromatic nitrogens is 1. The second kappa shape index (κ2) is 4.62. The summed E-state index contributed by atoms with van der Waals surface area (Å²) in [6.07, 6.45) is 3.20. The number of hydrogen-bond donors (Lipinski definition) is 2. The monoisotopic (exact) mass is 265 g/mol. The van der Waals surface area contributed by atoms with E-state index in [4.69, 9.17) is 5.73 Å². The molecule has 98 valence electrons. The minimum atomic E-state index is -0.483. The van der Waals surface area contributed by atoms with Crippen LogP contribution in [0.3, 0.4) is 0 Å². The molecule has 0 saturated carbocycles. The molecule has 2 aromatic rings. The summed E-state index contributed by atoms with van der Waals surface area (Å²) in [5.74, 6) is -0.889. The molecule has 0 atom stereocenters. The Balaban J connectivity index is 2.26. The van der Waals surface area contributed by atoms with Crippen LogP contribution >= 0.6 is 0 Å². The molecule has 1 aromatic heterocycles. The highest BCUT2D eigenvalue weighted by atomic mass is 16.2. The van der Waals surface area contributed by atoms with Crippen LogP contribution in [0.25, 0.3) is 11.3 Å². The summed E-state index contributed by atoms with van der Waals surface area (Å²) in [5.41, 5.74) is 8.42. The highest BCUT2D eigenvalue weighted by Gasteiger charge is 2.29. The van der Waals surface area contributed by atoms with E-state index in [-0.39, 0.29) is 0 Å². The first-order valence-corrected chi connectivity index (χ1v) is 6.03. The average molecular weight is 265 g/mol. The van der Waals surface area contributed by atoms with Gasteiger partial charge in [-0.15, -0.1) is 0 Å². The molecule has 0 saturated heterocycles. The van der Waals surface area contributed by atoms with E-state index in [0.29, 0.717) is 28.0 Å². The Morgan fingerprint density at radius 3 is 2.30 bits per heavy atom. The maximum Gasteiger partial charge on any atom is 0.260 e. The molecule has 1 aliphatic rings. The summed E-state index contributed by atoms with van der Waals surface area (Å²) in [7, 11) is 0. The zero-order valence-corrected chi connectivity index (χ0v) is 10.5. The Morgan fingerprint density at radius 1 is 0.950 bits per heavy atom. The lowest BCUT2D eigenvalue weighted by atomic mass is 9.92. The van der Waals surface area contributed by atoms with Gasteiger partial charge in [0.15, 0.2) is 0 Å². The largest absolute Gasteiger partial charge is 0.398 e. The van der Waals surface area contributed by atoms with Crippen LogP contribution in [0.1, 0.15) is 21.5 Å². The number of fused-ring (bicyclic) bond motifs is 1. The van der Waals surface area contributed by atoms with E-state index in [2.05, 4.69) is 10.3 Å². The van der Waals surface area contributed by atoms with Gasteiger partial charge in [-0.1, -0.05) is 18.2 Å². The Kier molecular flexibility index (Phi) is 2.80. The number of benzene rings is 1. The number of amides is 2. The number of carbonyl (C=O) groups is 2. The van der Waals surface area contributed by atoms with Gasteiger partial charge in [-0.05, 0) is 18.2 Å². The van der Waals surface area contributed by atoms with Crippen molar-refractivity contribution >= 4 is 23.1 Å². The molecule has 0 spiro atoms. The van der Waals surface area contributed by atoms with E-state index in [0.717, 1.165) is 0 Å². The number of carbonyl (C=O) groups excluding carboxylic acids is 2. The lowest BCUT2D eigenvalue weighted by Crippen LogP contribution is -2.37. The molecule has 0 bridgehead atoms. The number of nitrogens with two attached hydrogens (primary N) is 1. The summed E-state index contributed by atoms with van der Waals surface area (Å²) >= 11 is 0. The van der Waals surface area contributed by atoms with Crippen LogP contribution in [-0.4, -0.2) is 16.8 Å². The zero-order valence-electron chi connectivity index (χ0n) is 10.5. The highest BCUT2D eigenvalue weighted by molar-refractivity contribution is 6.35. The van der Waals surface area contributed by atoms with Crippen LogP contribution in [0.15, 0.2) is 48.8 Å². The first-order chi connectivity index (χ1) is 9.68. The first kappa shape index (κ1) is 12.1. The van der Waals surface area contributed by atoms with Crippen LogP contribution in [0.2, 0.25) is 0 Å². The maximum absolute atomic E-state index is 12.1. The molecule has 0 radical (unpaired) electrons. The van der Waals surface area contributed by atoms with Crippen molar-refractivity contribution in [1.29, 1.82) is 0 Å². The van der Waals surface area contributed by atoms with Crippen molar-refractivity contribution in [2.24, 2.45) is 5.73 Å². The van der Waals surface area contributed by atoms with Gasteiger partial charge in [-0.2, -0.15) is 0 Å². The number of nitrogens with one attached hydrogen (secondary N) is 1. The van der Waals surface area contributed by atoms with E-state index >= 15 is 0 Å². The molecule has 1 aliphatic heterocycles. The predicted molar refractivity (Wildman–Crippen MR) is 74.2 cm³/mol. The van der Waals surface area contributed by atoms with Gasteiger partial charge in [0, 0.05) is 29.1 Å². The maximum atomic E-state index is 12.1. The zero-order chi connectivity index (χ0) is 14.1. The summed E-state index contributed by atoms with van der Waals surface area (Å²) < 4.78 is 0. The molecule has 0 aliphatic carbocycles. The Morgan fingerprint density at radius 2 is 1.60 bits per heavy atom. The SMILES string of the molecule is N/C(=C1/C(=O)NC(=O)c2ccccc21)c1ccncc1. The van der Waals surface area contributed by atoms with Crippen LogP contribution in [0, 0.1) is 0 Å². The number of nitrogens with zero attached hydrogens (tertiary/aromatic N) is 1. The average Bonchev–Trinajstić information content (AvgIpc) is 2.48. The van der Waals surface area contributed by atoms with E-state index in [1.54, 1.807) is 48.8 Å². The molecule has 2 heterocycles.